The van der Waals surface area contributed by atoms with Crippen molar-refractivity contribution in [1.82, 2.24) is 0 Å². The third-order valence-corrected chi connectivity index (χ3v) is 12.7. The van der Waals surface area contributed by atoms with Crippen molar-refractivity contribution >= 4 is 49.8 Å². The molecule has 0 spiro atoms. The lowest BCUT2D eigenvalue weighted by atomic mass is 9.82. The van der Waals surface area contributed by atoms with Gasteiger partial charge in [0.1, 0.15) is 11.5 Å². The lowest BCUT2D eigenvalue weighted by Gasteiger charge is -2.26. The third kappa shape index (κ3) is 5.20. The summed E-state index contributed by atoms with van der Waals surface area (Å²) in [5.74, 6) is 0.0815. The zero-order valence-corrected chi connectivity index (χ0v) is 31.0. The molecule has 4 nitrogen and oxygen atoms in total. The average molecular weight is 741 g/mol. The Hall–Kier alpha value is -2.37. The van der Waals surface area contributed by atoms with E-state index in [0.717, 1.165) is 55.6 Å². The van der Waals surface area contributed by atoms with Crippen molar-refractivity contribution in [2.24, 2.45) is 0 Å². The van der Waals surface area contributed by atoms with Crippen molar-refractivity contribution in [2.75, 3.05) is 7.11 Å². The van der Waals surface area contributed by atoms with Crippen LogP contribution in [0.5, 0.6) is 11.5 Å². The summed E-state index contributed by atoms with van der Waals surface area (Å²) in [5, 5.41) is 25.2. The topological polar surface area (TPSA) is 66.8 Å². The highest BCUT2D eigenvalue weighted by atomic mass is 79.9. The van der Waals surface area contributed by atoms with E-state index in [1.54, 1.807) is 12.1 Å². The molecule has 232 valence electrons. The summed E-state index contributed by atoms with van der Waals surface area (Å²) in [6.07, 6.45) is 0. The molecule has 2 N–H and O–H groups in total. The normalized spacial score (nSPS) is 14.1. The van der Waals surface area contributed by atoms with E-state index in [-0.39, 0.29) is 22.3 Å². The molecular weight excluding hydrogens is 699 g/mol. The number of hydrogen-bond acceptors (Lipinski definition) is 4. The minimum absolute atomic E-state index is 0.0407. The molecule has 0 bridgehead atoms. The first-order chi connectivity index (χ1) is 20.5. The number of aryl methyl sites for hydroxylation is 2. The number of alkyl halides is 2. The molecule has 0 atom stereocenters. The van der Waals surface area contributed by atoms with Crippen LogP contribution in [-0.2, 0) is 30.6 Å². The van der Waals surface area contributed by atoms with Crippen molar-refractivity contribution in [3.05, 3.63) is 81.9 Å². The highest BCUT2D eigenvalue weighted by Gasteiger charge is 2.46. The van der Waals surface area contributed by atoms with Crippen molar-refractivity contribution in [3.63, 3.8) is 0 Å². The van der Waals surface area contributed by atoms with Gasteiger partial charge < -0.3 is 14.7 Å². The van der Waals surface area contributed by atoms with Gasteiger partial charge in [0.25, 0.3) is 7.37 Å². The number of halogens is 2. The van der Waals surface area contributed by atoms with E-state index < -0.39 is 7.37 Å². The largest absolute Gasteiger partial charge is 0.507 e. The van der Waals surface area contributed by atoms with Gasteiger partial charge in [-0.25, -0.2) is 0 Å². The van der Waals surface area contributed by atoms with E-state index in [4.69, 9.17) is 4.52 Å². The van der Waals surface area contributed by atoms with Gasteiger partial charge in [-0.3, -0.25) is 4.57 Å². The minimum atomic E-state index is -3.84. The summed E-state index contributed by atoms with van der Waals surface area (Å²) in [6, 6.07) is 15.6. The maximum atomic E-state index is 15.6. The fraction of sp³-hybridized carbons (Fsp3) is 0.351. The number of rotatable bonds is 5. The van der Waals surface area contributed by atoms with Gasteiger partial charge in [0.15, 0.2) is 0 Å². The monoisotopic (exact) mass is 738 g/mol. The molecule has 44 heavy (non-hydrogen) atoms. The first-order valence-electron chi connectivity index (χ1n) is 14.8. The Morgan fingerprint density at radius 3 is 1.32 bits per heavy atom. The molecule has 0 saturated heterocycles. The summed E-state index contributed by atoms with van der Waals surface area (Å²) in [5.41, 5.74) is 10.3. The van der Waals surface area contributed by atoms with Gasteiger partial charge in [0, 0.05) is 28.9 Å². The van der Waals surface area contributed by atoms with E-state index in [2.05, 4.69) is 112 Å². The van der Waals surface area contributed by atoms with Gasteiger partial charge in [-0.1, -0.05) is 97.7 Å². The Morgan fingerprint density at radius 1 is 0.659 bits per heavy atom. The second-order valence-corrected chi connectivity index (χ2v) is 17.3. The van der Waals surface area contributed by atoms with Crippen LogP contribution >= 0.6 is 39.2 Å². The van der Waals surface area contributed by atoms with E-state index >= 15 is 4.57 Å². The maximum absolute atomic E-state index is 15.6. The maximum Gasteiger partial charge on any atom is 0.263 e. The number of benzene rings is 4. The third-order valence-electron chi connectivity index (χ3n) is 8.93. The van der Waals surface area contributed by atoms with Crippen molar-refractivity contribution in [3.8, 4) is 44.9 Å². The van der Waals surface area contributed by atoms with Crippen LogP contribution in [0.1, 0.15) is 74.9 Å². The molecule has 0 amide bonds. The van der Waals surface area contributed by atoms with Crippen LogP contribution < -0.4 is 10.6 Å². The molecule has 0 fully saturated rings. The van der Waals surface area contributed by atoms with Crippen LogP contribution in [0.15, 0.2) is 48.5 Å². The summed E-state index contributed by atoms with van der Waals surface area (Å²) >= 11 is 7.38. The van der Waals surface area contributed by atoms with Crippen LogP contribution in [0.25, 0.3) is 33.4 Å². The fourth-order valence-electron chi connectivity index (χ4n) is 6.33. The van der Waals surface area contributed by atoms with Crippen molar-refractivity contribution in [1.29, 1.82) is 0 Å². The number of hydrogen-bond donors (Lipinski definition) is 2. The molecule has 0 radical (unpaired) electrons. The van der Waals surface area contributed by atoms with Crippen LogP contribution in [0.3, 0.4) is 0 Å². The predicted molar refractivity (Wildman–Crippen MR) is 192 cm³/mol. The molecule has 0 unspecified atom stereocenters. The lowest BCUT2D eigenvalue weighted by molar-refractivity contribution is 0.412. The Morgan fingerprint density at radius 2 is 1.02 bits per heavy atom. The van der Waals surface area contributed by atoms with E-state index in [1.807, 2.05) is 12.1 Å². The predicted octanol–water partition coefficient (Wildman–Crippen LogP) is 10.3. The van der Waals surface area contributed by atoms with Gasteiger partial charge >= 0.3 is 0 Å². The molecule has 5 rings (SSSR count). The molecule has 1 aliphatic rings. The second kappa shape index (κ2) is 11.5. The van der Waals surface area contributed by atoms with Crippen LogP contribution in [-0.4, -0.2) is 17.3 Å². The zero-order valence-electron chi connectivity index (χ0n) is 26.9. The molecule has 0 aromatic heterocycles. The van der Waals surface area contributed by atoms with Crippen molar-refractivity contribution < 1.29 is 19.3 Å². The average Bonchev–Trinajstić information content (AvgIpc) is 3.19. The second-order valence-electron chi connectivity index (χ2n) is 13.9. The summed E-state index contributed by atoms with van der Waals surface area (Å²) in [6.45, 7) is 17.1. The lowest BCUT2D eigenvalue weighted by Crippen LogP contribution is -2.18. The van der Waals surface area contributed by atoms with E-state index in [1.165, 1.54) is 7.11 Å². The van der Waals surface area contributed by atoms with Gasteiger partial charge in [0.2, 0.25) is 0 Å². The number of phenolic OH excluding ortho intramolecular Hbond substituents is 2. The summed E-state index contributed by atoms with van der Waals surface area (Å²) in [7, 11) is -2.38. The molecule has 1 heterocycles. The Bertz CT molecular complexity index is 1730. The van der Waals surface area contributed by atoms with Crippen LogP contribution in [0, 0.1) is 13.8 Å². The van der Waals surface area contributed by atoms with E-state index in [0.29, 0.717) is 32.4 Å². The molecule has 0 saturated carbocycles. The summed E-state index contributed by atoms with van der Waals surface area (Å²) < 4.78 is 21.7. The zero-order chi connectivity index (χ0) is 32.5. The van der Waals surface area contributed by atoms with Gasteiger partial charge in [-0.05, 0) is 105 Å². The first kappa shape index (κ1) is 33.0. The molecule has 4 aromatic carbocycles. The molecular formula is C37H41Br2O4P. The molecule has 0 aliphatic carbocycles. The Balaban J connectivity index is 1.93. The first-order valence-corrected chi connectivity index (χ1v) is 18.7. The molecule has 7 heteroatoms. The fourth-order valence-corrected chi connectivity index (χ4v) is 10.5. The number of phenols is 2. The number of aromatic hydroxyl groups is 2. The SMILES string of the molecule is COP1(=O)c2c(ccc(O)c2-c2cc(C(C)(C)C)cc(C)c2CBr)-c2ccc(O)c(-c3cc(C(C)(C)C)cc(C)c3CBr)c21. The van der Waals surface area contributed by atoms with Gasteiger partial charge in [-0.15, -0.1) is 0 Å². The quantitative estimate of drug-likeness (QED) is 0.158. The minimum Gasteiger partial charge on any atom is -0.507 e. The highest BCUT2D eigenvalue weighted by molar-refractivity contribution is 9.08. The van der Waals surface area contributed by atoms with Crippen LogP contribution in [0.2, 0.25) is 0 Å². The van der Waals surface area contributed by atoms with Crippen LogP contribution in [0.4, 0.5) is 0 Å². The molecule has 4 aromatic rings. The molecule has 1 aliphatic heterocycles. The standard InChI is InChI=1S/C37H41Br2O4P/c1-20-14-22(36(3,4)5)16-26(28(20)18-38)32-30(40)12-10-24-25-11-13-31(41)33(35(25)44(42,43-9)34(24)32)27-17-23(37(6,7)8)15-21(2)29(27)19-39/h10-17,40-41H,18-19H2,1-9H3. The summed E-state index contributed by atoms with van der Waals surface area (Å²) in [4.78, 5) is 0. The van der Waals surface area contributed by atoms with Gasteiger partial charge in [0.05, 0.1) is 10.6 Å². The highest BCUT2D eigenvalue weighted by Crippen LogP contribution is 2.60. The van der Waals surface area contributed by atoms with E-state index in [9.17, 15) is 10.2 Å². The number of fused-ring (bicyclic) bond motifs is 3. The smallest absolute Gasteiger partial charge is 0.263 e. The van der Waals surface area contributed by atoms with Crippen molar-refractivity contribution in [2.45, 2.75) is 76.9 Å². The Labute approximate surface area is 278 Å². The Kier molecular flexibility index (Phi) is 8.59. The van der Waals surface area contributed by atoms with Gasteiger partial charge in [-0.2, -0.15) is 0 Å².